The summed E-state index contributed by atoms with van der Waals surface area (Å²) in [6, 6.07) is 22.7. The molecule has 1 atom stereocenters. The van der Waals surface area contributed by atoms with Crippen LogP contribution in [-0.2, 0) is 4.79 Å². The van der Waals surface area contributed by atoms with Crippen LogP contribution in [0.25, 0.3) is 0 Å². The van der Waals surface area contributed by atoms with Gasteiger partial charge >= 0.3 is 0 Å². The van der Waals surface area contributed by atoms with Crippen molar-refractivity contribution in [3.63, 3.8) is 0 Å². The van der Waals surface area contributed by atoms with Crippen LogP contribution in [-0.4, -0.2) is 18.0 Å². The van der Waals surface area contributed by atoms with E-state index in [0.717, 1.165) is 10.6 Å². The smallest absolute Gasteiger partial charge is 0.242 e. The molecule has 1 heterocycles. The predicted molar refractivity (Wildman–Crippen MR) is 101 cm³/mol. The highest BCUT2D eigenvalue weighted by Gasteiger charge is 2.22. The standard InChI is InChI=1S/C20H18N2O2S/c1-24-17-11-7-10-16(14-17)22-20(23)19(15-8-3-2-4-9-15)25-18-12-5-6-13-21-18/h2-14,19H,1H3,(H,22,23)/t19-/m1/s1. The third kappa shape index (κ3) is 4.61. The van der Waals surface area contributed by atoms with Gasteiger partial charge in [-0.2, -0.15) is 0 Å². The van der Waals surface area contributed by atoms with Crippen LogP contribution in [0.3, 0.4) is 0 Å². The van der Waals surface area contributed by atoms with Crippen LogP contribution in [0.4, 0.5) is 5.69 Å². The first-order valence-corrected chi connectivity index (χ1v) is 8.72. The first kappa shape index (κ1) is 17.0. The van der Waals surface area contributed by atoms with Gasteiger partial charge in [0.15, 0.2) is 0 Å². The van der Waals surface area contributed by atoms with Crippen molar-refractivity contribution in [1.82, 2.24) is 4.98 Å². The molecule has 0 saturated carbocycles. The lowest BCUT2D eigenvalue weighted by Crippen LogP contribution is -2.19. The summed E-state index contributed by atoms with van der Waals surface area (Å²) in [5.41, 5.74) is 1.63. The molecule has 0 fully saturated rings. The van der Waals surface area contributed by atoms with Crippen molar-refractivity contribution in [3.05, 3.63) is 84.6 Å². The van der Waals surface area contributed by atoms with E-state index in [-0.39, 0.29) is 5.91 Å². The Balaban J connectivity index is 1.84. The van der Waals surface area contributed by atoms with Gasteiger partial charge in [0, 0.05) is 18.0 Å². The molecule has 0 aliphatic heterocycles. The summed E-state index contributed by atoms with van der Waals surface area (Å²) in [4.78, 5) is 17.2. The summed E-state index contributed by atoms with van der Waals surface area (Å²) in [7, 11) is 1.60. The molecule has 0 radical (unpaired) electrons. The van der Waals surface area contributed by atoms with Gasteiger partial charge < -0.3 is 10.1 Å². The van der Waals surface area contributed by atoms with E-state index in [0.29, 0.717) is 11.4 Å². The van der Waals surface area contributed by atoms with E-state index in [1.54, 1.807) is 19.4 Å². The highest BCUT2D eigenvalue weighted by molar-refractivity contribution is 8.00. The third-order valence-corrected chi connectivity index (χ3v) is 4.76. The topological polar surface area (TPSA) is 51.2 Å². The number of hydrogen-bond donors (Lipinski definition) is 1. The Morgan fingerprint density at radius 2 is 1.84 bits per heavy atom. The number of thioether (sulfide) groups is 1. The number of ether oxygens (including phenoxy) is 1. The summed E-state index contributed by atoms with van der Waals surface area (Å²) in [6.45, 7) is 0. The zero-order valence-corrected chi connectivity index (χ0v) is 14.6. The van der Waals surface area contributed by atoms with Crippen LogP contribution in [0.5, 0.6) is 5.75 Å². The Bertz CT molecular complexity index is 825. The summed E-state index contributed by atoms with van der Waals surface area (Å²) < 4.78 is 5.21. The maximum atomic E-state index is 12.9. The number of benzene rings is 2. The number of rotatable bonds is 6. The molecule has 1 N–H and O–H groups in total. The quantitative estimate of drug-likeness (QED) is 0.662. The lowest BCUT2D eigenvalue weighted by molar-refractivity contribution is -0.115. The molecule has 25 heavy (non-hydrogen) atoms. The molecule has 0 aliphatic rings. The first-order chi connectivity index (χ1) is 12.3. The minimum atomic E-state index is -0.401. The zero-order valence-electron chi connectivity index (χ0n) is 13.8. The Hall–Kier alpha value is -2.79. The Kier molecular flexibility index (Phi) is 5.69. The molecule has 3 rings (SSSR count). The number of anilines is 1. The molecule has 0 aliphatic carbocycles. The van der Waals surface area contributed by atoms with Gasteiger partial charge in [-0.3, -0.25) is 4.79 Å². The number of methoxy groups -OCH3 is 1. The fourth-order valence-corrected chi connectivity index (χ4v) is 3.33. The van der Waals surface area contributed by atoms with Gasteiger partial charge in [0.2, 0.25) is 5.91 Å². The second kappa shape index (κ2) is 8.35. The summed E-state index contributed by atoms with van der Waals surface area (Å²) in [5.74, 6) is 0.599. The van der Waals surface area contributed by atoms with E-state index < -0.39 is 5.25 Å². The lowest BCUT2D eigenvalue weighted by atomic mass is 10.1. The van der Waals surface area contributed by atoms with Crippen molar-refractivity contribution in [2.24, 2.45) is 0 Å². The minimum absolute atomic E-state index is 0.102. The van der Waals surface area contributed by atoms with Gasteiger partial charge in [-0.15, -0.1) is 0 Å². The molecule has 0 bridgehead atoms. The Morgan fingerprint density at radius 1 is 1.04 bits per heavy atom. The van der Waals surface area contributed by atoms with Gasteiger partial charge in [0.1, 0.15) is 11.0 Å². The van der Waals surface area contributed by atoms with Gasteiger partial charge in [-0.25, -0.2) is 4.98 Å². The minimum Gasteiger partial charge on any atom is -0.497 e. The van der Waals surface area contributed by atoms with Crippen molar-refractivity contribution in [2.75, 3.05) is 12.4 Å². The van der Waals surface area contributed by atoms with Crippen molar-refractivity contribution in [1.29, 1.82) is 0 Å². The Labute approximate surface area is 151 Å². The molecule has 1 aromatic heterocycles. The van der Waals surface area contributed by atoms with Crippen LogP contribution in [0, 0.1) is 0 Å². The van der Waals surface area contributed by atoms with Crippen molar-refractivity contribution >= 4 is 23.4 Å². The van der Waals surface area contributed by atoms with E-state index in [2.05, 4.69) is 10.3 Å². The predicted octanol–water partition coefficient (Wildman–Crippen LogP) is 4.56. The second-order valence-electron chi connectivity index (χ2n) is 5.30. The molecule has 2 aromatic carbocycles. The highest BCUT2D eigenvalue weighted by Crippen LogP contribution is 2.35. The van der Waals surface area contributed by atoms with Crippen LogP contribution >= 0.6 is 11.8 Å². The second-order valence-corrected chi connectivity index (χ2v) is 6.42. The maximum absolute atomic E-state index is 12.9. The van der Waals surface area contributed by atoms with Crippen LogP contribution in [0.1, 0.15) is 10.8 Å². The molecule has 1 amide bonds. The van der Waals surface area contributed by atoms with Gasteiger partial charge in [-0.05, 0) is 29.8 Å². The van der Waals surface area contributed by atoms with E-state index >= 15 is 0 Å². The molecule has 4 nitrogen and oxygen atoms in total. The molecule has 3 aromatic rings. The number of hydrogen-bond acceptors (Lipinski definition) is 4. The molecule has 0 saturated heterocycles. The van der Waals surface area contributed by atoms with E-state index in [1.807, 2.05) is 66.7 Å². The summed E-state index contributed by atoms with van der Waals surface area (Å²) >= 11 is 1.42. The molecule has 0 spiro atoms. The van der Waals surface area contributed by atoms with Gasteiger partial charge in [-0.1, -0.05) is 54.2 Å². The maximum Gasteiger partial charge on any atom is 0.242 e. The number of carbonyl (C=O) groups is 1. The molecular formula is C20H18N2O2S. The summed E-state index contributed by atoms with van der Waals surface area (Å²) in [5, 5.41) is 3.37. The van der Waals surface area contributed by atoms with E-state index in [9.17, 15) is 4.79 Å². The van der Waals surface area contributed by atoms with Crippen LogP contribution in [0.15, 0.2) is 84.0 Å². The highest BCUT2D eigenvalue weighted by atomic mass is 32.2. The third-order valence-electron chi connectivity index (χ3n) is 3.55. The zero-order chi connectivity index (χ0) is 17.5. The Morgan fingerprint density at radius 3 is 2.56 bits per heavy atom. The average molecular weight is 350 g/mol. The van der Waals surface area contributed by atoms with Gasteiger partial charge in [0.25, 0.3) is 0 Å². The van der Waals surface area contributed by atoms with E-state index in [4.69, 9.17) is 4.74 Å². The SMILES string of the molecule is COc1cccc(NC(=O)[C@H](Sc2ccccn2)c2ccccc2)c1. The molecular weight excluding hydrogens is 332 g/mol. The average Bonchev–Trinajstić information content (AvgIpc) is 2.67. The van der Waals surface area contributed by atoms with Crippen LogP contribution in [0.2, 0.25) is 0 Å². The van der Waals surface area contributed by atoms with Crippen molar-refractivity contribution < 1.29 is 9.53 Å². The first-order valence-electron chi connectivity index (χ1n) is 7.84. The molecule has 0 unspecified atom stereocenters. The number of nitrogens with zero attached hydrogens (tertiary/aromatic N) is 1. The van der Waals surface area contributed by atoms with Crippen molar-refractivity contribution in [2.45, 2.75) is 10.3 Å². The van der Waals surface area contributed by atoms with Crippen LogP contribution < -0.4 is 10.1 Å². The number of carbonyl (C=O) groups excluding carboxylic acids is 1. The van der Waals surface area contributed by atoms with Gasteiger partial charge in [0.05, 0.1) is 12.1 Å². The molecule has 126 valence electrons. The molecule has 5 heteroatoms. The summed E-state index contributed by atoms with van der Waals surface area (Å²) in [6.07, 6.45) is 1.73. The largest absolute Gasteiger partial charge is 0.497 e. The fraction of sp³-hybridized carbons (Fsp3) is 0.100. The fourth-order valence-electron chi connectivity index (χ4n) is 2.35. The number of aromatic nitrogens is 1. The lowest BCUT2D eigenvalue weighted by Gasteiger charge is -2.17. The number of pyridine rings is 1. The number of amides is 1. The van der Waals surface area contributed by atoms with Crippen molar-refractivity contribution in [3.8, 4) is 5.75 Å². The normalized spacial score (nSPS) is 11.6. The van der Waals surface area contributed by atoms with E-state index in [1.165, 1.54) is 11.8 Å². The number of nitrogens with one attached hydrogen (secondary N) is 1. The monoisotopic (exact) mass is 350 g/mol.